The molecule has 2 aromatic carbocycles. The number of carbonyl (C=O) groups is 1. The molecular formula is C39H51N5O2. The van der Waals surface area contributed by atoms with E-state index in [1.807, 2.05) is 32.1 Å². The van der Waals surface area contributed by atoms with Crippen LogP contribution >= 0.6 is 0 Å². The minimum Gasteiger partial charge on any atom is -0.372 e. The molecular weight excluding hydrogens is 570 g/mol. The first kappa shape index (κ1) is 33.3. The van der Waals surface area contributed by atoms with E-state index in [0.29, 0.717) is 17.2 Å². The molecule has 2 aliphatic heterocycles. The molecule has 0 saturated carbocycles. The molecule has 0 aliphatic carbocycles. The van der Waals surface area contributed by atoms with Gasteiger partial charge in [-0.2, -0.15) is 0 Å². The zero-order valence-electron chi connectivity index (χ0n) is 28.3. The number of aryl methyl sites for hydroxylation is 2. The summed E-state index contributed by atoms with van der Waals surface area (Å²) in [7, 11) is 0. The van der Waals surface area contributed by atoms with Gasteiger partial charge in [0, 0.05) is 67.0 Å². The standard InChI is InChI=1S/C39H51N5O2/c1-7-29(5)43-19-15-34(16-20-43)44(8-2)37-24-33(32-14-12-13-31(22-32)26-42-17-10-9-11-18-42)23-35(30(37)6)38(45)40-25-36-27(3)21-28(4)41-39(36)46/h7,12-14,21-24,34H,1,5,8-11,15-20,25-26H2,2-4,6H3,(H,40,45)(H,41,46). The van der Waals surface area contributed by atoms with Crippen molar-refractivity contribution in [3.63, 3.8) is 0 Å². The lowest BCUT2D eigenvalue weighted by molar-refractivity contribution is 0.0950. The summed E-state index contributed by atoms with van der Waals surface area (Å²) in [6.45, 7) is 22.2. The highest BCUT2D eigenvalue weighted by Crippen LogP contribution is 2.35. The third-order valence-electron chi connectivity index (χ3n) is 9.86. The van der Waals surface area contributed by atoms with Crippen molar-refractivity contribution in [2.45, 2.75) is 78.9 Å². The molecule has 3 heterocycles. The molecule has 0 bridgehead atoms. The summed E-state index contributed by atoms with van der Waals surface area (Å²) in [5.74, 6) is -0.169. The fraction of sp³-hybridized carbons (Fsp3) is 0.436. The van der Waals surface area contributed by atoms with Crippen LogP contribution in [0.2, 0.25) is 0 Å². The van der Waals surface area contributed by atoms with Crippen LogP contribution in [0, 0.1) is 20.8 Å². The summed E-state index contributed by atoms with van der Waals surface area (Å²) >= 11 is 0. The maximum absolute atomic E-state index is 14.0. The van der Waals surface area contributed by atoms with Crippen LogP contribution in [0.15, 0.2) is 72.2 Å². The van der Waals surface area contributed by atoms with Crippen LogP contribution in [-0.2, 0) is 13.1 Å². The first-order valence-corrected chi connectivity index (χ1v) is 16.9. The topological polar surface area (TPSA) is 71.7 Å². The van der Waals surface area contributed by atoms with E-state index in [1.54, 1.807) is 0 Å². The Hall–Kier alpha value is -4.10. The van der Waals surface area contributed by atoms with Gasteiger partial charge in [0.25, 0.3) is 11.5 Å². The van der Waals surface area contributed by atoms with Gasteiger partial charge in [-0.15, -0.1) is 0 Å². The number of hydrogen-bond donors (Lipinski definition) is 2. The Balaban J connectivity index is 1.49. The second kappa shape index (κ2) is 15.0. The number of H-pyrrole nitrogens is 1. The van der Waals surface area contributed by atoms with E-state index < -0.39 is 0 Å². The maximum Gasteiger partial charge on any atom is 0.253 e. The molecule has 1 aromatic heterocycles. The van der Waals surface area contributed by atoms with Crippen molar-refractivity contribution in [2.24, 2.45) is 0 Å². The molecule has 244 valence electrons. The second-order valence-electron chi connectivity index (χ2n) is 13.0. The smallest absolute Gasteiger partial charge is 0.253 e. The normalized spacial score (nSPS) is 15.9. The van der Waals surface area contributed by atoms with Gasteiger partial charge in [0.15, 0.2) is 0 Å². The first-order chi connectivity index (χ1) is 22.2. The Morgan fingerprint density at radius 1 is 1.02 bits per heavy atom. The van der Waals surface area contributed by atoms with E-state index in [1.165, 1.54) is 24.8 Å². The number of allylic oxidation sites excluding steroid dienone is 1. The molecule has 7 heteroatoms. The highest BCUT2D eigenvalue weighted by molar-refractivity contribution is 5.99. The van der Waals surface area contributed by atoms with Crippen molar-refractivity contribution < 1.29 is 4.79 Å². The summed E-state index contributed by atoms with van der Waals surface area (Å²) in [4.78, 5) is 36.9. The van der Waals surface area contributed by atoms with Crippen molar-refractivity contribution in [1.29, 1.82) is 0 Å². The summed E-state index contributed by atoms with van der Waals surface area (Å²) in [6.07, 6.45) is 7.70. The zero-order chi connectivity index (χ0) is 32.8. The monoisotopic (exact) mass is 621 g/mol. The third kappa shape index (κ3) is 7.64. The van der Waals surface area contributed by atoms with Gasteiger partial charge in [-0.25, -0.2) is 0 Å². The van der Waals surface area contributed by atoms with Gasteiger partial charge in [-0.1, -0.05) is 37.8 Å². The first-order valence-electron chi connectivity index (χ1n) is 16.9. The van der Waals surface area contributed by atoms with Crippen molar-refractivity contribution in [1.82, 2.24) is 20.1 Å². The largest absolute Gasteiger partial charge is 0.372 e. The van der Waals surface area contributed by atoms with Crippen LogP contribution in [0.4, 0.5) is 5.69 Å². The molecule has 2 saturated heterocycles. The Kier molecular flexibility index (Phi) is 10.8. The molecule has 3 aromatic rings. The predicted octanol–water partition coefficient (Wildman–Crippen LogP) is 6.87. The van der Waals surface area contributed by atoms with Gasteiger partial charge in [-0.3, -0.25) is 14.5 Å². The number of aromatic amines is 1. The molecule has 0 spiro atoms. The highest BCUT2D eigenvalue weighted by Gasteiger charge is 2.27. The van der Waals surface area contributed by atoms with Gasteiger partial charge in [0.2, 0.25) is 0 Å². The molecule has 46 heavy (non-hydrogen) atoms. The van der Waals surface area contributed by atoms with Crippen molar-refractivity contribution in [2.75, 3.05) is 37.6 Å². The lowest BCUT2D eigenvalue weighted by atomic mass is 9.94. The number of benzene rings is 2. The van der Waals surface area contributed by atoms with Crippen LogP contribution in [-0.4, -0.2) is 59.5 Å². The number of nitrogens with zero attached hydrogens (tertiary/aromatic N) is 3. The third-order valence-corrected chi connectivity index (χ3v) is 9.86. The number of pyridine rings is 1. The van der Waals surface area contributed by atoms with Crippen LogP contribution in [0.5, 0.6) is 0 Å². The Morgan fingerprint density at radius 3 is 2.43 bits per heavy atom. The number of likely N-dealkylation sites (tertiary alicyclic amines) is 2. The molecule has 5 rings (SSSR count). The summed E-state index contributed by atoms with van der Waals surface area (Å²) < 4.78 is 0. The minimum atomic E-state index is -0.169. The molecule has 0 radical (unpaired) electrons. The number of nitrogens with one attached hydrogen (secondary N) is 2. The van der Waals surface area contributed by atoms with Crippen LogP contribution in [0.25, 0.3) is 11.1 Å². The molecule has 2 fully saturated rings. The van der Waals surface area contributed by atoms with E-state index in [-0.39, 0.29) is 18.0 Å². The lowest BCUT2D eigenvalue weighted by Gasteiger charge is -2.41. The van der Waals surface area contributed by atoms with E-state index >= 15 is 0 Å². The van der Waals surface area contributed by atoms with E-state index in [2.05, 4.69) is 82.3 Å². The van der Waals surface area contributed by atoms with Gasteiger partial charge < -0.3 is 20.1 Å². The molecule has 1 amide bonds. The highest BCUT2D eigenvalue weighted by atomic mass is 16.1. The fourth-order valence-corrected chi connectivity index (χ4v) is 7.21. The number of amides is 1. The summed E-state index contributed by atoms with van der Waals surface area (Å²) in [6, 6.07) is 15.4. The summed E-state index contributed by atoms with van der Waals surface area (Å²) in [5.41, 5.74) is 9.24. The van der Waals surface area contributed by atoms with E-state index in [4.69, 9.17) is 0 Å². The lowest BCUT2D eigenvalue weighted by Crippen LogP contribution is -2.44. The molecule has 2 aliphatic rings. The van der Waals surface area contributed by atoms with Crippen molar-refractivity contribution >= 4 is 11.6 Å². The Bertz CT molecular complexity index is 1630. The number of carbonyl (C=O) groups excluding carboxylic acids is 1. The van der Waals surface area contributed by atoms with E-state index in [9.17, 15) is 9.59 Å². The number of aromatic nitrogens is 1. The molecule has 7 nitrogen and oxygen atoms in total. The minimum absolute atomic E-state index is 0.155. The predicted molar refractivity (Wildman–Crippen MR) is 190 cm³/mol. The van der Waals surface area contributed by atoms with Crippen molar-refractivity contribution in [3.05, 3.63) is 111 Å². The molecule has 2 N–H and O–H groups in total. The van der Waals surface area contributed by atoms with Crippen LogP contribution in [0.1, 0.15) is 77.3 Å². The van der Waals surface area contributed by atoms with Gasteiger partial charge >= 0.3 is 0 Å². The number of piperidine rings is 2. The number of anilines is 1. The zero-order valence-corrected chi connectivity index (χ0v) is 28.3. The van der Waals surface area contributed by atoms with Crippen LogP contribution in [0.3, 0.4) is 0 Å². The average molecular weight is 622 g/mol. The SMILES string of the molecule is C=CC(=C)N1CCC(N(CC)c2cc(-c3cccc(CN4CCCCC4)c3)cc(C(=O)NCc3c(C)cc(C)[nH]c3=O)c2C)CC1. The maximum atomic E-state index is 14.0. The summed E-state index contributed by atoms with van der Waals surface area (Å²) in [5, 5.41) is 3.08. The van der Waals surface area contributed by atoms with Gasteiger partial charge in [-0.05, 0) is 125 Å². The average Bonchev–Trinajstić information content (AvgIpc) is 3.05. The quantitative estimate of drug-likeness (QED) is 0.229. The van der Waals surface area contributed by atoms with Crippen LogP contribution < -0.4 is 15.8 Å². The Labute approximate surface area is 275 Å². The number of rotatable bonds is 11. The number of hydrogen-bond acceptors (Lipinski definition) is 5. The van der Waals surface area contributed by atoms with Crippen molar-refractivity contribution in [3.8, 4) is 11.1 Å². The van der Waals surface area contributed by atoms with E-state index in [0.717, 1.165) is 91.4 Å². The van der Waals surface area contributed by atoms with Gasteiger partial charge in [0.05, 0.1) is 0 Å². The second-order valence-corrected chi connectivity index (χ2v) is 13.0. The van der Waals surface area contributed by atoms with Gasteiger partial charge in [0.1, 0.15) is 0 Å². The Morgan fingerprint density at radius 2 is 1.76 bits per heavy atom. The molecule has 0 unspecified atom stereocenters. The molecule has 0 atom stereocenters. The fourth-order valence-electron chi connectivity index (χ4n) is 7.21.